The van der Waals surface area contributed by atoms with Crippen LogP contribution in [0.1, 0.15) is 43.4 Å². The maximum Gasteiger partial charge on any atom is 0.235 e. The fourth-order valence-corrected chi connectivity index (χ4v) is 5.24. The van der Waals surface area contributed by atoms with Gasteiger partial charge in [0.25, 0.3) is 0 Å². The summed E-state index contributed by atoms with van der Waals surface area (Å²) in [5.41, 5.74) is 2.70. The number of likely N-dealkylation sites (tertiary alicyclic amines) is 1. The molecule has 0 radical (unpaired) electrons. The summed E-state index contributed by atoms with van der Waals surface area (Å²) in [6.45, 7) is 5.04. The second-order valence-corrected chi connectivity index (χ2v) is 9.15. The number of hydrogen-bond acceptors (Lipinski definition) is 6. The predicted molar refractivity (Wildman–Crippen MR) is 129 cm³/mol. The van der Waals surface area contributed by atoms with Crippen molar-refractivity contribution in [2.75, 3.05) is 38.2 Å². The van der Waals surface area contributed by atoms with Crippen LogP contribution < -0.4 is 10.1 Å². The monoisotopic (exact) mass is 459 g/mol. The van der Waals surface area contributed by atoms with Gasteiger partial charge in [-0.25, -0.2) is 4.98 Å². The van der Waals surface area contributed by atoms with Gasteiger partial charge in [-0.2, -0.15) is 5.26 Å². The molecule has 8 nitrogen and oxygen atoms in total. The number of amides is 1. The Balaban J connectivity index is 1.18. The molecular weight excluding hydrogens is 430 g/mol. The molecule has 8 heteroatoms. The van der Waals surface area contributed by atoms with Gasteiger partial charge in [-0.3, -0.25) is 9.69 Å². The Morgan fingerprint density at radius 1 is 1.29 bits per heavy atom. The van der Waals surface area contributed by atoms with Gasteiger partial charge in [-0.1, -0.05) is 6.92 Å². The second kappa shape index (κ2) is 9.09. The zero-order valence-electron chi connectivity index (χ0n) is 19.3. The van der Waals surface area contributed by atoms with E-state index >= 15 is 0 Å². The van der Waals surface area contributed by atoms with Crippen LogP contribution in [-0.2, 0) is 10.2 Å². The topological polar surface area (TPSA) is 103 Å². The number of ether oxygens (including phenoxy) is 1. The zero-order valence-corrected chi connectivity index (χ0v) is 19.3. The maximum absolute atomic E-state index is 12.8. The third kappa shape index (κ3) is 3.81. The summed E-state index contributed by atoms with van der Waals surface area (Å²) in [5.74, 6) is 0.773. The van der Waals surface area contributed by atoms with Gasteiger partial charge in [0.05, 0.1) is 35.9 Å². The van der Waals surface area contributed by atoms with Gasteiger partial charge in [0.2, 0.25) is 5.91 Å². The molecule has 5 rings (SSSR count). The number of anilines is 1. The Morgan fingerprint density at radius 2 is 2.12 bits per heavy atom. The van der Waals surface area contributed by atoms with Crippen LogP contribution in [0.2, 0.25) is 0 Å². The minimum atomic E-state index is -0.535. The number of carbonyl (C=O) groups is 1. The molecule has 1 fully saturated rings. The number of rotatable bonds is 7. The Morgan fingerprint density at radius 3 is 2.85 bits per heavy atom. The number of fused-ring (bicyclic) bond motifs is 3. The molecule has 4 heterocycles. The number of nitrogens with one attached hydrogen (secondary N) is 1. The smallest absolute Gasteiger partial charge is 0.235 e. The third-order valence-electron chi connectivity index (χ3n) is 7.34. The fraction of sp³-hybridized carbons (Fsp3) is 0.423. The normalized spacial score (nSPS) is 18.0. The van der Waals surface area contributed by atoms with Crippen molar-refractivity contribution in [3.05, 3.63) is 53.9 Å². The SMILES string of the molecule is CCC(CO)n1ccc2cc(OCCN3CCC4(CC3)C(=O)Nc3ccc(C#N)cc34)cnc21. The van der Waals surface area contributed by atoms with Crippen LogP contribution in [0.25, 0.3) is 11.0 Å². The highest BCUT2D eigenvalue weighted by Crippen LogP contribution is 2.45. The highest BCUT2D eigenvalue weighted by atomic mass is 16.5. The lowest BCUT2D eigenvalue weighted by molar-refractivity contribution is -0.122. The first kappa shape index (κ1) is 22.4. The largest absolute Gasteiger partial charge is 0.491 e. The number of aliphatic hydroxyl groups excluding tert-OH is 1. The maximum atomic E-state index is 12.8. The molecule has 3 aromatic rings. The van der Waals surface area contributed by atoms with E-state index in [0.29, 0.717) is 12.2 Å². The molecule has 1 saturated heterocycles. The number of nitriles is 1. The van der Waals surface area contributed by atoms with E-state index < -0.39 is 5.41 Å². The summed E-state index contributed by atoms with van der Waals surface area (Å²) in [4.78, 5) is 19.7. The van der Waals surface area contributed by atoms with Crippen molar-refractivity contribution in [2.24, 2.45) is 0 Å². The van der Waals surface area contributed by atoms with Crippen molar-refractivity contribution in [1.29, 1.82) is 5.26 Å². The Labute approximate surface area is 198 Å². The lowest BCUT2D eigenvalue weighted by atomic mass is 9.73. The predicted octanol–water partition coefficient (Wildman–Crippen LogP) is 3.22. The first-order chi connectivity index (χ1) is 16.6. The van der Waals surface area contributed by atoms with Crippen molar-refractivity contribution >= 4 is 22.6 Å². The van der Waals surface area contributed by atoms with Gasteiger partial charge in [-0.05, 0) is 68.2 Å². The summed E-state index contributed by atoms with van der Waals surface area (Å²) >= 11 is 0. The Kier molecular flexibility index (Phi) is 5.98. The number of benzene rings is 1. The molecule has 1 unspecified atom stereocenters. The number of piperidine rings is 1. The lowest BCUT2D eigenvalue weighted by Crippen LogP contribution is -2.47. The lowest BCUT2D eigenvalue weighted by Gasteiger charge is -2.37. The van der Waals surface area contributed by atoms with Gasteiger partial charge >= 0.3 is 0 Å². The molecule has 2 aromatic heterocycles. The number of aliphatic hydroxyl groups is 1. The van der Waals surface area contributed by atoms with Crippen LogP contribution in [0, 0.1) is 11.3 Å². The molecule has 1 atom stereocenters. The van der Waals surface area contributed by atoms with E-state index in [-0.39, 0.29) is 18.6 Å². The summed E-state index contributed by atoms with van der Waals surface area (Å²) < 4.78 is 8.00. The molecule has 1 spiro atoms. The summed E-state index contributed by atoms with van der Waals surface area (Å²) in [5, 5.41) is 22.9. The molecule has 2 N–H and O–H groups in total. The standard InChI is InChI=1S/C26H29N5O3/c1-2-20(17-32)31-8-5-19-14-21(16-28-24(19)31)34-12-11-30-9-6-26(7-10-30)22-13-18(15-27)3-4-23(22)29-25(26)33/h3-5,8,13-14,16,20,32H,2,6-7,9-12,17H2,1H3,(H,29,33). The van der Waals surface area contributed by atoms with Crippen LogP contribution in [0.15, 0.2) is 42.7 Å². The van der Waals surface area contributed by atoms with E-state index in [4.69, 9.17) is 4.74 Å². The first-order valence-corrected chi connectivity index (χ1v) is 11.9. The van der Waals surface area contributed by atoms with Crippen LogP contribution in [-0.4, -0.2) is 58.3 Å². The fourth-order valence-electron chi connectivity index (χ4n) is 5.24. The molecule has 0 saturated carbocycles. The molecular formula is C26H29N5O3. The van der Waals surface area contributed by atoms with Crippen molar-refractivity contribution in [2.45, 2.75) is 37.6 Å². The molecule has 176 valence electrons. The van der Waals surface area contributed by atoms with E-state index in [1.807, 2.05) is 42.0 Å². The number of hydrogen-bond donors (Lipinski definition) is 2. The average molecular weight is 460 g/mol. The quantitative estimate of drug-likeness (QED) is 0.562. The number of aromatic nitrogens is 2. The summed E-state index contributed by atoms with van der Waals surface area (Å²) in [6.07, 6.45) is 5.99. The van der Waals surface area contributed by atoms with Crippen LogP contribution in [0.3, 0.4) is 0 Å². The van der Waals surface area contributed by atoms with Crippen LogP contribution in [0.4, 0.5) is 5.69 Å². The number of nitrogens with zero attached hydrogens (tertiary/aromatic N) is 4. The molecule has 1 aromatic carbocycles. The first-order valence-electron chi connectivity index (χ1n) is 11.9. The Bertz CT molecular complexity index is 1250. The van der Waals surface area contributed by atoms with Crippen LogP contribution in [0.5, 0.6) is 5.75 Å². The van der Waals surface area contributed by atoms with Crippen LogP contribution >= 0.6 is 0 Å². The van der Waals surface area contributed by atoms with Crippen molar-refractivity contribution < 1.29 is 14.6 Å². The summed E-state index contributed by atoms with van der Waals surface area (Å²) in [7, 11) is 0. The minimum absolute atomic E-state index is 0.0274. The van der Waals surface area contributed by atoms with E-state index in [1.54, 1.807) is 12.3 Å². The van der Waals surface area contributed by atoms with E-state index in [0.717, 1.165) is 66.9 Å². The van der Waals surface area contributed by atoms with Gasteiger partial charge in [-0.15, -0.1) is 0 Å². The highest BCUT2D eigenvalue weighted by Gasteiger charge is 2.48. The minimum Gasteiger partial charge on any atom is -0.491 e. The van der Waals surface area contributed by atoms with Crippen molar-refractivity contribution in [1.82, 2.24) is 14.5 Å². The van der Waals surface area contributed by atoms with Crippen molar-refractivity contribution in [3.63, 3.8) is 0 Å². The molecule has 1 amide bonds. The molecule has 34 heavy (non-hydrogen) atoms. The zero-order chi connectivity index (χ0) is 23.7. The molecule has 0 aliphatic carbocycles. The number of carbonyl (C=O) groups excluding carboxylic acids is 1. The molecule has 0 bridgehead atoms. The van der Waals surface area contributed by atoms with Gasteiger partial charge in [0.1, 0.15) is 18.0 Å². The van der Waals surface area contributed by atoms with E-state index in [2.05, 4.69) is 21.3 Å². The van der Waals surface area contributed by atoms with Gasteiger partial charge in [0.15, 0.2) is 0 Å². The molecule has 2 aliphatic rings. The highest BCUT2D eigenvalue weighted by molar-refractivity contribution is 6.06. The average Bonchev–Trinajstić information content (AvgIpc) is 3.39. The number of pyridine rings is 1. The van der Waals surface area contributed by atoms with E-state index in [9.17, 15) is 15.2 Å². The second-order valence-electron chi connectivity index (χ2n) is 9.15. The third-order valence-corrected chi connectivity index (χ3v) is 7.34. The Hall–Kier alpha value is -3.41. The molecule has 2 aliphatic heterocycles. The summed E-state index contributed by atoms with van der Waals surface area (Å²) in [6, 6.07) is 11.7. The van der Waals surface area contributed by atoms with Gasteiger partial charge < -0.3 is 19.7 Å². The van der Waals surface area contributed by atoms with Crippen molar-refractivity contribution in [3.8, 4) is 11.8 Å². The van der Waals surface area contributed by atoms with E-state index in [1.165, 1.54) is 0 Å². The van der Waals surface area contributed by atoms with Gasteiger partial charge in [0, 0.05) is 23.8 Å².